The summed E-state index contributed by atoms with van der Waals surface area (Å²) in [6.07, 6.45) is 1.96. The van der Waals surface area contributed by atoms with Crippen LogP contribution in [0.1, 0.15) is 27.0 Å². The first-order valence-electron chi connectivity index (χ1n) is 9.36. The predicted octanol–water partition coefficient (Wildman–Crippen LogP) is 5.39. The fourth-order valence-corrected chi connectivity index (χ4v) is 4.83. The van der Waals surface area contributed by atoms with Crippen molar-refractivity contribution in [1.82, 2.24) is 0 Å². The zero-order valence-electron chi connectivity index (χ0n) is 17.3. The lowest BCUT2D eigenvalue weighted by Crippen LogP contribution is -2.17. The monoisotopic (exact) mass is 440 g/mol. The van der Waals surface area contributed by atoms with Crippen molar-refractivity contribution in [3.63, 3.8) is 0 Å². The van der Waals surface area contributed by atoms with Crippen LogP contribution in [0.2, 0.25) is 0 Å². The average molecular weight is 441 g/mol. The van der Waals surface area contributed by atoms with Gasteiger partial charge in [-0.3, -0.25) is 9.52 Å². The van der Waals surface area contributed by atoms with Gasteiger partial charge in [-0.15, -0.1) is 11.8 Å². The van der Waals surface area contributed by atoms with Gasteiger partial charge in [0.15, 0.2) is 0 Å². The fourth-order valence-electron chi connectivity index (χ4n) is 2.98. The predicted molar refractivity (Wildman–Crippen MR) is 124 cm³/mol. The van der Waals surface area contributed by atoms with Crippen molar-refractivity contribution in [1.29, 1.82) is 0 Å². The summed E-state index contributed by atoms with van der Waals surface area (Å²) >= 11 is 1.58. The van der Waals surface area contributed by atoms with Crippen molar-refractivity contribution < 1.29 is 13.2 Å². The van der Waals surface area contributed by atoms with Crippen molar-refractivity contribution in [2.24, 2.45) is 0 Å². The number of rotatable bonds is 6. The molecule has 0 aromatic heterocycles. The van der Waals surface area contributed by atoms with E-state index in [1.54, 1.807) is 43.0 Å². The number of sulfonamides is 1. The number of anilines is 2. The van der Waals surface area contributed by atoms with E-state index in [0.29, 0.717) is 16.9 Å². The smallest absolute Gasteiger partial charge is 0.262 e. The molecule has 3 aromatic carbocycles. The Morgan fingerprint density at radius 3 is 2.37 bits per heavy atom. The van der Waals surface area contributed by atoms with E-state index in [4.69, 9.17) is 0 Å². The molecule has 0 spiro atoms. The summed E-state index contributed by atoms with van der Waals surface area (Å²) in [5, 5.41) is 2.83. The third-order valence-corrected chi connectivity index (χ3v) is 6.94. The Kier molecular flexibility index (Phi) is 6.53. The van der Waals surface area contributed by atoms with E-state index in [0.717, 1.165) is 16.0 Å². The van der Waals surface area contributed by atoms with Crippen LogP contribution < -0.4 is 10.0 Å². The maximum absolute atomic E-state index is 13.1. The summed E-state index contributed by atoms with van der Waals surface area (Å²) in [6.45, 7) is 5.46. The van der Waals surface area contributed by atoms with Gasteiger partial charge in [0.1, 0.15) is 0 Å². The Bertz CT molecular complexity index is 1200. The molecule has 30 heavy (non-hydrogen) atoms. The van der Waals surface area contributed by atoms with Gasteiger partial charge in [-0.1, -0.05) is 24.3 Å². The second kappa shape index (κ2) is 8.93. The van der Waals surface area contributed by atoms with Gasteiger partial charge < -0.3 is 5.32 Å². The first-order valence-corrected chi connectivity index (χ1v) is 12.1. The van der Waals surface area contributed by atoms with Crippen LogP contribution in [-0.4, -0.2) is 20.6 Å². The van der Waals surface area contributed by atoms with Crippen LogP contribution in [0, 0.1) is 20.8 Å². The van der Waals surface area contributed by atoms with Crippen LogP contribution in [0.3, 0.4) is 0 Å². The summed E-state index contributed by atoms with van der Waals surface area (Å²) in [5.74, 6) is -0.364. The molecule has 0 aliphatic heterocycles. The summed E-state index contributed by atoms with van der Waals surface area (Å²) in [4.78, 5) is 13.8. The first kappa shape index (κ1) is 21.9. The third-order valence-electron chi connectivity index (χ3n) is 4.70. The molecule has 3 rings (SSSR count). The minimum absolute atomic E-state index is 0.0777. The van der Waals surface area contributed by atoms with E-state index in [-0.39, 0.29) is 16.4 Å². The standard InChI is InChI=1S/C23H24N2O3S2/c1-15-8-9-16(2)21(12-15)25-30(27,28)22-13-18(11-10-17(22)3)23(26)24-19-6-5-7-20(14-19)29-4/h5-14,25H,1-4H3,(H,24,26). The molecule has 0 saturated carbocycles. The number of carbonyl (C=O) groups is 1. The fraction of sp³-hybridized carbons (Fsp3) is 0.174. The van der Waals surface area contributed by atoms with Crippen LogP contribution in [0.15, 0.2) is 70.5 Å². The number of nitrogens with one attached hydrogen (secondary N) is 2. The second-order valence-electron chi connectivity index (χ2n) is 7.09. The van der Waals surface area contributed by atoms with Gasteiger partial charge in [0, 0.05) is 16.1 Å². The highest BCUT2D eigenvalue weighted by Gasteiger charge is 2.20. The van der Waals surface area contributed by atoms with Crippen LogP contribution >= 0.6 is 11.8 Å². The summed E-state index contributed by atoms with van der Waals surface area (Å²) in [7, 11) is -3.86. The number of benzene rings is 3. The summed E-state index contributed by atoms with van der Waals surface area (Å²) in [6, 6.07) is 17.7. The topological polar surface area (TPSA) is 75.3 Å². The molecule has 0 unspecified atom stereocenters. The molecule has 3 aromatic rings. The van der Waals surface area contributed by atoms with Crippen LogP contribution in [0.5, 0.6) is 0 Å². The minimum Gasteiger partial charge on any atom is -0.322 e. The Morgan fingerprint density at radius 1 is 0.900 bits per heavy atom. The molecular weight excluding hydrogens is 416 g/mol. The molecule has 0 aliphatic rings. The van der Waals surface area contributed by atoms with Crippen molar-refractivity contribution in [3.05, 3.63) is 82.9 Å². The lowest BCUT2D eigenvalue weighted by Gasteiger charge is -2.14. The second-order valence-corrected chi connectivity index (χ2v) is 9.62. The van der Waals surface area contributed by atoms with Gasteiger partial charge in [-0.2, -0.15) is 0 Å². The maximum Gasteiger partial charge on any atom is 0.262 e. The Morgan fingerprint density at radius 2 is 1.63 bits per heavy atom. The lowest BCUT2D eigenvalue weighted by atomic mass is 10.1. The first-order chi connectivity index (χ1) is 14.2. The molecule has 1 amide bonds. The van der Waals surface area contributed by atoms with Crippen LogP contribution in [0.25, 0.3) is 0 Å². The number of hydrogen-bond acceptors (Lipinski definition) is 4. The number of carbonyl (C=O) groups excluding carboxylic acids is 1. The number of thioether (sulfide) groups is 1. The molecule has 0 heterocycles. The maximum atomic E-state index is 13.1. The summed E-state index contributed by atoms with van der Waals surface area (Å²) in [5.41, 5.74) is 3.80. The van der Waals surface area contributed by atoms with E-state index in [1.165, 1.54) is 6.07 Å². The van der Waals surface area contributed by atoms with Gasteiger partial charge in [0.2, 0.25) is 0 Å². The van der Waals surface area contributed by atoms with Crippen molar-refractivity contribution in [2.75, 3.05) is 16.3 Å². The van der Waals surface area contributed by atoms with Crippen molar-refractivity contribution in [2.45, 2.75) is 30.6 Å². The molecule has 156 valence electrons. The van der Waals surface area contributed by atoms with Gasteiger partial charge in [-0.25, -0.2) is 8.42 Å². The highest BCUT2D eigenvalue weighted by Crippen LogP contribution is 2.25. The largest absolute Gasteiger partial charge is 0.322 e. The molecule has 5 nitrogen and oxygen atoms in total. The molecule has 0 radical (unpaired) electrons. The highest BCUT2D eigenvalue weighted by atomic mass is 32.2. The van der Waals surface area contributed by atoms with Crippen molar-refractivity contribution in [3.8, 4) is 0 Å². The van der Waals surface area contributed by atoms with Gasteiger partial charge in [-0.05, 0) is 80.1 Å². The van der Waals surface area contributed by atoms with Gasteiger partial charge in [0.05, 0.1) is 10.6 Å². The Balaban J connectivity index is 1.90. The SMILES string of the molecule is CSc1cccc(NC(=O)c2ccc(C)c(S(=O)(=O)Nc3cc(C)ccc3C)c2)c1. The quantitative estimate of drug-likeness (QED) is 0.504. The van der Waals surface area contributed by atoms with Gasteiger partial charge >= 0.3 is 0 Å². The van der Waals surface area contributed by atoms with E-state index in [9.17, 15) is 13.2 Å². The zero-order chi connectivity index (χ0) is 21.9. The van der Waals surface area contributed by atoms with E-state index in [1.807, 2.05) is 50.4 Å². The molecule has 0 bridgehead atoms. The molecule has 0 atom stereocenters. The number of hydrogen-bond donors (Lipinski definition) is 2. The van der Waals surface area contributed by atoms with E-state index in [2.05, 4.69) is 10.0 Å². The molecule has 0 aliphatic carbocycles. The molecule has 0 fully saturated rings. The Labute approximate surface area is 182 Å². The van der Waals surface area contributed by atoms with Gasteiger partial charge in [0.25, 0.3) is 15.9 Å². The lowest BCUT2D eigenvalue weighted by molar-refractivity contribution is 0.102. The van der Waals surface area contributed by atoms with Crippen LogP contribution in [-0.2, 0) is 10.0 Å². The van der Waals surface area contributed by atoms with Crippen LogP contribution in [0.4, 0.5) is 11.4 Å². The molecule has 2 N–H and O–H groups in total. The van der Waals surface area contributed by atoms with E-state index < -0.39 is 10.0 Å². The average Bonchev–Trinajstić information content (AvgIpc) is 2.70. The third kappa shape index (κ3) is 5.04. The Hall–Kier alpha value is -2.77. The zero-order valence-corrected chi connectivity index (χ0v) is 18.9. The number of aryl methyl sites for hydroxylation is 3. The molecular formula is C23H24N2O3S2. The summed E-state index contributed by atoms with van der Waals surface area (Å²) < 4.78 is 28.8. The normalized spacial score (nSPS) is 11.2. The van der Waals surface area contributed by atoms with Crippen molar-refractivity contribution >= 4 is 39.1 Å². The highest BCUT2D eigenvalue weighted by molar-refractivity contribution is 7.98. The van der Waals surface area contributed by atoms with E-state index >= 15 is 0 Å². The molecule has 7 heteroatoms. The number of amides is 1. The minimum atomic E-state index is -3.86. The molecule has 0 saturated heterocycles.